The van der Waals surface area contributed by atoms with Crippen LogP contribution in [0.5, 0.6) is 23.0 Å². The average molecular weight is 494 g/mol. The second kappa shape index (κ2) is 10.3. The molecule has 3 aromatic carbocycles. The minimum absolute atomic E-state index is 0.0760. The fourth-order valence-corrected chi connectivity index (χ4v) is 3.45. The van der Waals surface area contributed by atoms with Gasteiger partial charge < -0.3 is 23.7 Å². The normalized spacial score (nSPS) is 13.8. The number of carbonyl (C=O) groups is 2. The number of hydrogen-bond acceptors (Lipinski definition) is 8. The van der Waals surface area contributed by atoms with Crippen molar-refractivity contribution in [2.45, 2.75) is 0 Å². The van der Waals surface area contributed by atoms with Gasteiger partial charge in [0.05, 0.1) is 32.5 Å². The third kappa shape index (κ3) is 5.28. The predicted octanol–water partition coefficient (Wildman–Crippen LogP) is 4.93. The number of esters is 2. The number of benzene rings is 3. The monoisotopic (exact) mass is 493 g/mol. The van der Waals surface area contributed by atoms with Crippen molar-refractivity contribution in [2.24, 2.45) is 4.99 Å². The Hall–Kier alpha value is -4.30. The van der Waals surface area contributed by atoms with E-state index in [0.717, 1.165) is 0 Å². The van der Waals surface area contributed by atoms with Crippen LogP contribution in [0.4, 0.5) is 0 Å². The fraction of sp³-hybridized carbons (Fsp3) is 0.115. The summed E-state index contributed by atoms with van der Waals surface area (Å²) < 4.78 is 26.6. The van der Waals surface area contributed by atoms with Gasteiger partial charge in [0.25, 0.3) is 0 Å². The molecular weight excluding hydrogens is 474 g/mol. The summed E-state index contributed by atoms with van der Waals surface area (Å²) in [5.74, 6) is 0.508. The minimum Gasteiger partial charge on any atom is -0.497 e. The van der Waals surface area contributed by atoms with Crippen molar-refractivity contribution in [3.05, 3.63) is 88.1 Å². The summed E-state index contributed by atoms with van der Waals surface area (Å²) >= 11 is 6.07. The maximum atomic E-state index is 12.5. The van der Waals surface area contributed by atoms with E-state index in [0.29, 0.717) is 39.0 Å². The largest absolute Gasteiger partial charge is 0.497 e. The number of ether oxygens (including phenoxy) is 5. The highest BCUT2D eigenvalue weighted by Crippen LogP contribution is 2.32. The summed E-state index contributed by atoms with van der Waals surface area (Å²) in [4.78, 5) is 29.2. The van der Waals surface area contributed by atoms with Gasteiger partial charge in [-0.1, -0.05) is 17.7 Å². The molecule has 35 heavy (non-hydrogen) atoms. The van der Waals surface area contributed by atoms with Gasteiger partial charge in [0.1, 0.15) is 11.5 Å². The molecule has 0 saturated heterocycles. The molecule has 0 fully saturated rings. The molecule has 0 atom stereocenters. The van der Waals surface area contributed by atoms with E-state index in [-0.39, 0.29) is 17.3 Å². The third-order valence-corrected chi connectivity index (χ3v) is 5.27. The van der Waals surface area contributed by atoms with Gasteiger partial charge in [-0.25, -0.2) is 14.6 Å². The maximum absolute atomic E-state index is 12.5. The van der Waals surface area contributed by atoms with Crippen molar-refractivity contribution in [3.8, 4) is 23.0 Å². The summed E-state index contributed by atoms with van der Waals surface area (Å²) in [5, 5.41) is 0.446. The number of cyclic esters (lactones) is 1. The molecule has 4 rings (SSSR count). The van der Waals surface area contributed by atoms with Crippen LogP contribution in [-0.2, 0) is 9.53 Å². The van der Waals surface area contributed by atoms with E-state index in [1.165, 1.54) is 20.3 Å². The van der Waals surface area contributed by atoms with Crippen LogP contribution in [0.3, 0.4) is 0 Å². The summed E-state index contributed by atoms with van der Waals surface area (Å²) in [5.41, 5.74) is 1.47. The Labute approximate surface area is 206 Å². The molecule has 178 valence electrons. The third-order valence-electron chi connectivity index (χ3n) is 5.03. The zero-order valence-electron chi connectivity index (χ0n) is 19.0. The van der Waals surface area contributed by atoms with Crippen molar-refractivity contribution in [1.82, 2.24) is 0 Å². The first-order valence-corrected chi connectivity index (χ1v) is 10.7. The van der Waals surface area contributed by atoms with Gasteiger partial charge >= 0.3 is 11.9 Å². The number of aliphatic imine (C=N–C) groups is 1. The molecule has 0 spiro atoms. The first-order chi connectivity index (χ1) is 16.9. The number of methoxy groups -OCH3 is 3. The van der Waals surface area contributed by atoms with Crippen molar-refractivity contribution in [1.29, 1.82) is 0 Å². The topological polar surface area (TPSA) is 92.7 Å². The standard InChI is InChI=1S/C26H20ClNO7/c1-31-18-8-5-16(6-9-18)25(29)34-22-10-4-15(13-23(22)33-3)12-20-26(30)35-24(28-20)19-14-17(27)7-11-21(19)32-2/h4-14H,1-3H3/b20-12-. The van der Waals surface area contributed by atoms with Gasteiger partial charge in [-0.3, -0.25) is 0 Å². The van der Waals surface area contributed by atoms with E-state index in [9.17, 15) is 9.59 Å². The Kier molecular flexibility index (Phi) is 7.03. The van der Waals surface area contributed by atoms with Gasteiger partial charge in [-0.15, -0.1) is 0 Å². The molecule has 0 radical (unpaired) electrons. The smallest absolute Gasteiger partial charge is 0.363 e. The lowest BCUT2D eigenvalue weighted by atomic mass is 10.1. The summed E-state index contributed by atoms with van der Waals surface area (Å²) in [6, 6.07) is 16.3. The molecule has 0 amide bonds. The molecule has 1 heterocycles. The van der Waals surface area contributed by atoms with Gasteiger partial charge in [0, 0.05) is 5.02 Å². The first kappa shape index (κ1) is 23.8. The van der Waals surface area contributed by atoms with E-state index in [1.54, 1.807) is 67.8 Å². The molecule has 1 aliphatic rings. The molecule has 1 aliphatic heterocycles. The molecule has 0 aromatic heterocycles. The number of halogens is 1. The van der Waals surface area contributed by atoms with Crippen molar-refractivity contribution < 1.29 is 33.3 Å². The Bertz CT molecular complexity index is 1350. The van der Waals surface area contributed by atoms with Crippen LogP contribution < -0.4 is 18.9 Å². The fourth-order valence-electron chi connectivity index (χ4n) is 3.27. The van der Waals surface area contributed by atoms with E-state index in [1.807, 2.05) is 0 Å². The molecule has 0 bridgehead atoms. The van der Waals surface area contributed by atoms with Crippen molar-refractivity contribution in [2.75, 3.05) is 21.3 Å². The minimum atomic E-state index is -0.629. The van der Waals surface area contributed by atoms with Crippen molar-refractivity contribution >= 4 is 35.5 Å². The van der Waals surface area contributed by atoms with Crippen LogP contribution in [0.1, 0.15) is 21.5 Å². The number of carbonyl (C=O) groups excluding carboxylic acids is 2. The zero-order valence-corrected chi connectivity index (χ0v) is 19.8. The molecule has 0 unspecified atom stereocenters. The highest BCUT2D eigenvalue weighted by molar-refractivity contribution is 6.31. The molecule has 8 nitrogen and oxygen atoms in total. The summed E-state index contributed by atoms with van der Waals surface area (Å²) in [6.45, 7) is 0. The Morgan fingerprint density at radius 3 is 2.29 bits per heavy atom. The first-order valence-electron chi connectivity index (χ1n) is 10.3. The Morgan fingerprint density at radius 1 is 0.886 bits per heavy atom. The predicted molar refractivity (Wildman–Crippen MR) is 130 cm³/mol. The SMILES string of the molecule is COc1ccc(C(=O)Oc2ccc(/C=C3\N=C(c4cc(Cl)ccc4OC)OC3=O)cc2OC)cc1. The van der Waals surface area contributed by atoms with E-state index >= 15 is 0 Å². The summed E-state index contributed by atoms with van der Waals surface area (Å²) in [7, 11) is 4.49. The number of rotatable bonds is 7. The number of hydrogen-bond donors (Lipinski definition) is 0. The molecule has 9 heteroatoms. The molecule has 0 N–H and O–H groups in total. The maximum Gasteiger partial charge on any atom is 0.363 e. The van der Waals surface area contributed by atoms with E-state index < -0.39 is 11.9 Å². The summed E-state index contributed by atoms with van der Waals surface area (Å²) in [6.07, 6.45) is 1.53. The molecule has 0 saturated carbocycles. The van der Waals surface area contributed by atoms with Crippen LogP contribution in [0.2, 0.25) is 5.02 Å². The second-order valence-corrected chi connectivity index (χ2v) is 7.65. The van der Waals surface area contributed by atoms with Crippen LogP contribution in [0.15, 0.2) is 71.4 Å². The van der Waals surface area contributed by atoms with Gasteiger partial charge in [0.15, 0.2) is 17.2 Å². The van der Waals surface area contributed by atoms with Crippen LogP contribution in [0.25, 0.3) is 6.08 Å². The molecular formula is C26H20ClNO7. The number of nitrogens with zero attached hydrogens (tertiary/aromatic N) is 1. The van der Waals surface area contributed by atoms with Gasteiger partial charge in [-0.2, -0.15) is 0 Å². The molecule has 3 aromatic rings. The Balaban J connectivity index is 1.58. The Morgan fingerprint density at radius 2 is 1.60 bits per heavy atom. The lowest BCUT2D eigenvalue weighted by Crippen LogP contribution is -2.09. The van der Waals surface area contributed by atoms with E-state index in [4.69, 9.17) is 35.3 Å². The highest BCUT2D eigenvalue weighted by atomic mass is 35.5. The van der Waals surface area contributed by atoms with Crippen LogP contribution in [0, 0.1) is 0 Å². The van der Waals surface area contributed by atoms with E-state index in [2.05, 4.69) is 4.99 Å². The quantitative estimate of drug-likeness (QED) is 0.262. The van der Waals surface area contributed by atoms with Crippen LogP contribution in [-0.4, -0.2) is 39.2 Å². The van der Waals surface area contributed by atoms with Crippen LogP contribution >= 0.6 is 11.6 Å². The van der Waals surface area contributed by atoms with Gasteiger partial charge in [-0.05, 0) is 66.2 Å². The zero-order chi connectivity index (χ0) is 24.9. The van der Waals surface area contributed by atoms with Crippen molar-refractivity contribution in [3.63, 3.8) is 0 Å². The van der Waals surface area contributed by atoms with Gasteiger partial charge in [0.2, 0.25) is 5.90 Å². The lowest BCUT2D eigenvalue weighted by Gasteiger charge is -2.10. The lowest BCUT2D eigenvalue weighted by molar-refractivity contribution is -0.129. The average Bonchev–Trinajstić information content (AvgIpc) is 3.24. The highest BCUT2D eigenvalue weighted by Gasteiger charge is 2.26. The second-order valence-electron chi connectivity index (χ2n) is 7.21. The molecule has 0 aliphatic carbocycles.